The fourth-order valence-electron chi connectivity index (χ4n) is 7.86. The zero-order valence-corrected chi connectivity index (χ0v) is 23.7. The average Bonchev–Trinajstić information content (AvgIpc) is 3.62. The molecule has 214 valence electrons. The second-order valence-electron chi connectivity index (χ2n) is 11.4. The summed E-state index contributed by atoms with van der Waals surface area (Å²) in [5.41, 5.74) is 0.334. The lowest BCUT2D eigenvalue weighted by molar-refractivity contribution is -0.186. The minimum Gasteiger partial charge on any atom is -0.493 e. The third-order valence-electron chi connectivity index (χ3n) is 9.74. The smallest absolute Gasteiger partial charge is 0.246 e. The minimum atomic E-state index is -3.87. The topological polar surface area (TPSA) is 110 Å². The molecule has 2 aliphatic heterocycles. The molecule has 2 aliphatic carbocycles. The van der Waals surface area contributed by atoms with Gasteiger partial charge >= 0.3 is 0 Å². The Labute approximate surface area is 239 Å². The summed E-state index contributed by atoms with van der Waals surface area (Å²) in [6, 6.07) is 12.9. The molecule has 2 aromatic carbocycles. The van der Waals surface area contributed by atoms with Crippen molar-refractivity contribution in [2.75, 3.05) is 20.7 Å². The van der Waals surface area contributed by atoms with Gasteiger partial charge in [0.15, 0.2) is 11.5 Å². The Morgan fingerprint density at radius 3 is 2.71 bits per heavy atom. The fraction of sp³-hybridized carbons (Fsp3) is 0.387. The van der Waals surface area contributed by atoms with Gasteiger partial charge in [0.25, 0.3) is 0 Å². The van der Waals surface area contributed by atoms with Crippen LogP contribution in [0.4, 0.5) is 0 Å². The number of hydrogen-bond donors (Lipinski definition) is 1. The molecule has 1 saturated heterocycles. The third-order valence-corrected chi connectivity index (χ3v) is 11.7. The predicted molar refractivity (Wildman–Crippen MR) is 150 cm³/mol. The number of aliphatic hydroxyl groups is 1. The number of likely N-dealkylation sites (N-methyl/N-ethyl adjacent to an activating group) is 1. The van der Waals surface area contributed by atoms with Crippen LogP contribution in [0.25, 0.3) is 6.08 Å². The molecule has 1 amide bonds. The molecule has 10 heteroatoms. The van der Waals surface area contributed by atoms with Crippen LogP contribution in [0.5, 0.6) is 11.5 Å². The molecule has 2 fully saturated rings. The van der Waals surface area contributed by atoms with Crippen LogP contribution in [0.15, 0.2) is 76.4 Å². The van der Waals surface area contributed by atoms with E-state index in [0.717, 1.165) is 16.7 Å². The normalized spacial score (nSPS) is 30.1. The van der Waals surface area contributed by atoms with E-state index in [1.165, 1.54) is 10.4 Å². The molecule has 41 heavy (non-hydrogen) atoms. The van der Waals surface area contributed by atoms with Crippen molar-refractivity contribution in [3.05, 3.63) is 83.8 Å². The van der Waals surface area contributed by atoms with Crippen molar-refractivity contribution in [2.24, 2.45) is 0 Å². The molecule has 1 unspecified atom stereocenters. The number of nitrogens with zero attached hydrogens (tertiary/aromatic N) is 2. The largest absolute Gasteiger partial charge is 0.493 e. The number of carbonyl (C=O) groups is 1. The first-order valence-electron chi connectivity index (χ1n) is 13.9. The predicted octanol–water partition coefficient (Wildman–Crippen LogP) is 3.37. The van der Waals surface area contributed by atoms with Gasteiger partial charge in [-0.05, 0) is 61.6 Å². The molecule has 5 atom stereocenters. The Morgan fingerprint density at radius 2 is 1.98 bits per heavy atom. The number of hydrogen-bond acceptors (Lipinski definition) is 7. The molecule has 1 saturated carbocycles. The van der Waals surface area contributed by atoms with Gasteiger partial charge in [-0.1, -0.05) is 24.3 Å². The van der Waals surface area contributed by atoms with E-state index in [9.17, 15) is 18.3 Å². The number of benzene rings is 2. The van der Waals surface area contributed by atoms with E-state index in [4.69, 9.17) is 13.9 Å². The van der Waals surface area contributed by atoms with Crippen LogP contribution in [0.1, 0.15) is 36.0 Å². The van der Waals surface area contributed by atoms with Gasteiger partial charge in [-0.15, -0.1) is 0 Å². The zero-order chi connectivity index (χ0) is 28.6. The molecule has 4 aliphatic rings. The summed E-state index contributed by atoms with van der Waals surface area (Å²) in [6.45, 7) is 0.227. The number of amides is 1. The van der Waals surface area contributed by atoms with Gasteiger partial charge in [-0.25, -0.2) is 8.42 Å². The SMILES string of the molecule is COc1ccc2c3c1OC1[C@H](N(C)C(=O)/C=C/c4ccoc4)CC[C@@]4(O)[C@@H](C2)N(S(=O)(=O)c2ccccc2)CC[C@]314. The molecule has 1 spiro atoms. The minimum absolute atomic E-state index is 0.193. The maximum absolute atomic E-state index is 13.9. The number of methoxy groups -OCH3 is 1. The molecule has 0 radical (unpaired) electrons. The lowest BCUT2D eigenvalue weighted by Crippen LogP contribution is -2.78. The number of rotatable bonds is 6. The summed E-state index contributed by atoms with van der Waals surface area (Å²) in [4.78, 5) is 15.3. The Hall–Kier alpha value is -3.60. The van der Waals surface area contributed by atoms with Crippen LogP contribution in [-0.4, -0.2) is 73.1 Å². The fourth-order valence-corrected chi connectivity index (χ4v) is 9.55. The molecular formula is C31H32N2O7S. The van der Waals surface area contributed by atoms with Crippen molar-refractivity contribution in [1.82, 2.24) is 9.21 Å². The van der Waals surface area contributed by atoms with Gasteiger partial charge in [0.1, 0.15) is 6.10 Å². The van der Waals surface area contributed by atoms with Crippen LogP contribution >= 0.6 is 0 Å². The lowest BCUT2D eigenvalue weighted by atomic mass is 9.48. The zero-order valence-electron chi connectivity index (χ0n) is 22.9. The summed E-state index contributed by atoms with van der Waals surface area (Å²) in [7, 11) is -0.524. The molecule has 1 N–H and O–H groups in total. The highest BCUT2D eigenvalue weighted by Gasteiger charge is 2.74. The van der Waals surface area contributed by atoms with Gasteiger partial charge in [-0.2, -0.15) is 4.31 Å². The van der Waals surface area contributed by atoms with E-state index in [-0.39, 0.29) is 23.4 Å². The molecule has 3 aromatic rings. The molecule has 3 heterocycles. The van der Waals surface area contributed by atoms with Gasteiger partial charge < -0.3 is 23.9 Å². The summed E-state index contributed by atoms with van der Waals surface area (Å²) in [5.74, 6) is 0.967. The van der Waals surface area contributed by atoms with Crippen LogP contribution in [0.3, 0.4) is 0 Å². The number of carbonyl (C=O) groups excluding carboxylic acids is 1. The monoisotopic (exact) mass is 576 g/mol. The number of sulfonamides is 1. The first kappa shape index (κ1) is 26.3. The highest BCUT2D eigenvalue weighted by Crippen LogP contribution is 2.66. The summed E-state index contributed by atoms with van der Waals surface area (Å²) in [5, 5.41) is 12.8. The van der Waals surface area contributed by atoms with Crippen molar-refractivity contribution in [2.45, 2.75) is 59.8 Å². The molecule has 2 bridgehead atoms. The molecule has 7 rings (SSSR count). The molecular weight excluding hydrogens is 544 g/mol. The van der Waals surface area contributed by atoms with Crippen LogP contribution in [0, 0.1) is 0 Å². The van der Waals surface area contributed by atoms with Crippen LogP contribution < -0.4 is 9.47 Å². The van der Waals surface area contributed by atoms with Gasteiger partial charge in [0, 0.05) is 30.8 Å². The second kappa shape index (κ2) is 9.20. The van der Waals surface area contributed by atoms with Crippen molar-refractivity contribution in [3.8, 4) is 11.5 Å². The van der Waals surface area contributed by atoms with Gasteiger partial charge in [0.05, 0.1) is 47.6 Å². The Bertz CT molecular complexity index is 1640. The van der Waals surface area contributed by atoms with E-state index in [0.29, 0.717) is 37.2 Å². The van der Waals surface area contributed by atoms with Gasteiger partial charge in [0.2, 0.25) is 15.9 Å². The third kappa shape index (κ3) is 3.53. The highest BCUT2D eigenvalue weighted by atomic mass is 32.2. The molecule has 1 aromatic heterocycles. The summed E-state index contributed by atoms with van der Waals surface area (Å²) >= 11 is 0. The number of piperidine rings is 1. The maximum Gasteiger partial charge on any atom is 0.246 e. The Balaban J connectivity index is 1.32. The highest BCUT2D eigenvalue weighted by molar-refractivity contribution is 7.89. The van der Waals surface area contributed by atoms with Crippen molar-refractivity contribution in [1.29, 1.82) is 0 Å². The quantitative estimate of drug-likeness (QED) is 0.448. The Kier molecular flexibility index (Phi) is 5.91. The second-order valence-corrected chi connectivity index (χ2v) is 13.3. The first-order valence-corrected chi connectivity index (χ1v) is 15.3. The first-order chi connectivity index (χ1) is 19.7. The van der Waals surface area contributed by atoms with Crippen molar-refractivity contribution < 1.29 is 32.2 Å². The molecule has 9 nitrogen and oxygen atoms in total. The van der Waals surface area contributed by atoms with E-state index in [2.05, 4.69) is 0 Å². The maximum atomic E-state index is 13.9. The summed E-state index contributed by atoms with van der Waals surface area (Å²) in [6.07, 6.45) is 7.24. The standard InChI is InChI=1S/C31H32N2O7S/c1-32(26(34)11-8-20-13-17-39-19-20)23-12-14-31(35)25-18-21-9-10-24(38-2)28-27(21)30(31,29(23)40-28)15-16-33(25)41(36,37)22-6-4-3-5-7-22/h3-11,13,17,19,23,25,29,35H,12,14-16,18H2,1-2H3/b11-8+/t23-,25-,29?,30+,31-/m1/s1. The van der Waals surface area contributed by atoms with E-state index in [1.54, 1.807) is 74.1 Å². The number of ether oxygens (including phenoxy) is 2. The van der Waals surface area contributed by atoms with Crippen LogP contribution in [-0.2, 0) is 26.7 Å². The average molecular weight is 577 g/mol. The van der Waals surface area contributed by atoms with Crippen molar-refractivity contribution >= 4 is 22.0 Å². The van der Waals surface area contributed by atoms with Gasteiger partial charge in [-0.3, -0.25) is 4.79 Å². The van der Waals surface area contributed by atoms with Crippen molar-refractivity contribution in [3.63, 3.8) is 0 Å². The van der Waals surface area contributed by atoms with E-state index < -0.39 is 33.2 Å². The van der Waals surface area contributed by atoms with E-state index in [1.807, 2.05) is 12.1 Å². The summed E-state index contributed by atoms with van der Waals surface area (Å²) < 4.78 is 46.9. The Morgan fingerprint density at radius 1 is 1.17 bits per heavy atom. The lowest BCUT2D eigenvalue weighted by Gasteiger charge is -2.64. The number of furan rings is 1. The van der Waals surface area contributed by atoms with E-state index >= 15 is 0 Å². The van der Waals surface area contributed by atoms with Crippen LogP contribution in [0.2, 0.25) is 0 Å².